The number of ether oxygens (including phenoxy) is 1. The summed E-state index contributed by atoms with van der Waals surface area (Å²) >= 11 is 0. The van der Waals surface area contributed by atoms with Crippen molar-refractivity contribution in [1.82, 2.24) is 5.32 Å². The minimum Gasteiger partial charge on any atom is -0.480 e. The molecule has 2 aliphatic rings. The summed E-state index contributed by atoms with van der Waals surface area (Å²) in [5.74, 6) is -1.23. The van der Waals surface area contributed by atoms with Crippen LogP contribution in [0.4, 0.5) is 0 Å². The maximum Gasteiger partial charge on any atom is 0.329 e. The summed E-state index contributed by atoms with van der Waals surface area (Å²) in [6.45, 7) is 2.71. The lowest BCUT2D eigenvalue weighted by Gasteiger charge is -2.29. The van der Waals surface area contributed by atoms with Gasteiger partial charge in [0.1, 0.15) is 5.54 Å². The number of hydrogen-bond acceptors (Lipinski definition) is 3. The zero-order chi connectivity index (χ0) is 12.5. The molecular formula is C12H19NO4. The highest BCUT2D eigenvalue weighted by atomic mass is 16.5. The van der Waals surface area contributed by atoms with Crippen molar-refractivity contribution >= 4 is 11.9 Å². The van der Waals surface area contributed by atoms with Crippen molar-refractivity contribution in [3.05, 3.63) is 0 Å². The van der Waals surface area contributed by atoms with Gasteiger partial charge in [-0.1, -0.05) is 0 Å². The molecule has 17 heavy (non-hydrogen) atoms. The van der Waals surface area contributed by atoms with E-state index in [-0.39, 0.29) is 17.7 Å². The largest absolute Gasteiger partial charge is 0.480 e. The maximum absolute atomic E-state index is 12.0. The molecule has 2 rings (SSSR count). The van der Waals surface area contributed by atoms with E-state index in [0.717, 1.165) is 25.7 Å². The number of carboxylic acids is 1. The summed E-state index contributed by atoms with van der Waals surface area (Å²) in [5, 5.41) is 12.0. The van der Waals surface area contributed by atoms with Gasteiger partial charge in [0.15, 0.2) is 0 Å². The molecule has 96 valence electrons. The van der Waals surface area contributed by atoms with E-state index in [1.54, 1.807) is 6.92 Å². The predicted octanol–water partition coefficient (Wildman–Crippen LogP) is 0.782. The number of carboxylic acid groups (broad SMARTS) is 1. The maximum atomic E-state index is 12.0. The van der Waals surface area contributed by atoms with Crippen molar-refractivity contribution in [2.45, 2.75) is 38.1 Å². The van der Waals surface area contributed by atoms with E-state index in [0.29, 0.717) is 13.2 Å². The molecule has 2 atom stereocenters. The van der Waals surface area contributed by atoms with Crippen molar-refractivity contribution in [3.8, 4) is 0 Å². The molecule has 0 spiro atoms. The molecule has 0 bridgehead atoms. The number of carbonyl (C=O) groups excluding carboxylic acids is 1. The lowest BCUT2D eigenvalue weighted by molar-refractivity contribution is -0.149. The van der Waals surface area contributed by atoms with Crippen LogP contribution in [0.3, 0.4) is 0 Å². The van der Waals surface area contributed by atoms with Gasteiger partial charge in [0.05, 0.1) is 12.5 Å². The minimum absolute atomic E-state index is 0.0773. The predicted molar refractivity (Wildman–Crippen MR) is 60.5 cm³/mol. The van der Waals surface area contributed by atoms with Gasteiger partial charge in [-0.3, -0.25) is 4.79 Å². The Morgan fingerprint density at radius 2 is 2.06 bits per heavy atom. The fourth-order valence-electron chi connectivity index (χ4n) is 2.30. The quantitative estimate of drug-likeness (QED) is 0.762. The second-order valence-electron chi connectivity index (χ2n) is 5.19. The second kappa shape index (κ2) is 4.64. The molecule has 2 fully saturated rings. The molecule has 5 heteroatoms. The molecule has 1 amide bonds. The Bertz CT molecular complexity index is 320. The van der Waals surface area contributed by atoms with E-state index in [2.05, 4.69) is 5.32 Å². The van der Waals surface area contributed by atoms with E-state index in [9.17, 15) is 14.7 Å². The van der Waals surface area contributed by atoms with Crippen LogP contribution in [0.15, 0.2) is 0 Å². The van der Waals surface area contributed by atoms with Crippen LogP contribution in [-0.4, -0.2) is 35.7 Å². The van der Waals surface area contributed by atoms with Crippen LogP contribution in [0.1, 0.15) is 32.6 Å². The number of aliphatic carboxylic acids is 1. The van der Waals surface area contributed by atoms with Crippen LogP contribution in [0.2, 0.25) is 0 Å². The summed E-state index contributed by atoms with van der Waals surface area (Å²) in [6, 6.07) is 0. The molecule has 2 N–H and O–H groups in total. The Morgan fingerprint density at radius 3 is 2.53 bits per heavy atom. The van der Waals surface area contributed by atoms with E-state index in [1.807, 2.05) is 0 Å². The van der Waals surface area contributed by atoms with Gasteiger partial charge in [-0.2, -0.15) is 0 Å². The first-order chi connectivity index (χ1) is 8.04. The second-order valence-corrected chi connectivity index (χ2v) is 5.19. The van der Waals surface area contributed by atoms with Gasteiger partial charge >= 0.3 is 5.97 Å². The first kappa shape index (κ1) is 12.4. The monoisotopic (exact) mass is 241 g/mol. The average molecular weight is 241 g/mol. The normalized spacial score (nSPS) is 28.2. The lowest BCUT2D eigenvalue weighted by atomic mass is 9.93. The van der Waals surface area contributed by atoms with E-state index < -0.39 is 11.5 Å². The van der Waals surface area contributed by atoms with Gasteiger partial charge in [0, 0.05) is 6.61 Å². The third-order valence-electron chi connectivity index (χ3n) is 3.75. The fourth-order valence-corrected chi connectivity index (χ4v) is 2.30. The molecule has 5 nitrogen and oxygen atoms in total. The van der Waals surface area contributed by atoms with Crippen molar-refractivity contribution < 1.29 is 19.4 Å². The molecule has 1 saturated heterocycles. The van der Waals surface area contributed by atoms with Crippen molar-refractivity contribution in [2.24, 2.45) is 11.8 Å². The van der Waals surface area contributed by atoms with Crippen LogP contribution < -0.4 is 5.32 Å². The van der Waals surface area contributed by atoms with E-state index in [1.165, 1.54) is 0 Å². The summed E-state index contributed by atoms with van der Waals surface area (Å²) in [5.41, 5.74) is -1.10. The van der Waals surface area contributed by atoms with E-state index >= 15 is 0 Å². The Kier molecular flexibility index (Phi) is 3.38. The Morgan fingerprint density at radius 1 is 1.35 bits per heavy atom. The molecule has 0 aromatic heterocycles. The summed E-state index contributed by atoms with van der Waals surface area (Å²) in [7, 11) is 0. The first-order valence-corrected chi connectivity index (χ1v) is 6.17. The van der Waals surface area contributed by atoms with Gasteiger partial charge < -0.3 is 15.2 Å². The summed E-state index contributed by atoms with van der Waals surface area (Å²) in [6.07, 6.45) is 3.41. The highest BCUT2D eigenvalue weighted by Gasteiger charge is 2.49. The topological polar surface area (TPSA) is 75.6 Å². The van der Waals surface area contributed by atoms with Crippen molar-refractivity contribution in [3.63, 3.8) is 0 Å². The molecule has 1 saturated carbocycles. The van der Waals surface area contributed by atoms with Crippen LogP contribution in [0.25, 0.3) is 0 Å². The molecule has 0 aromatic rings. The van der Waals surface area contributed by atoms with Crippen LogP contribution >= 0.6 is 0 Å². The van der Waals surface area contributed by atoms with E-state index in [4.69, 9.17) is 4.74 Å². The van der Waals surface area contributed by atoms with Gasteiger partial charge in [0.25, 0.3) is 0 Å². The third kappa shape index (κ3) is 2.60. The highest BCUT2D eigenvalue weighted by Crippen LogP contribution is 2.40. The number of carbonyl (C=O) groups is 2. The van der Waals surface area contributed by atoms with Crippen LogP contribution in [0.5, 0.6) is 0 Å². The number of rotatable bonds is 4. The first-order valence-electron chi connectivity index (χ1n) is 6.17. The van der Waals surface area contributed by atoms with Crippen LogP contribution in [-0.2, 0) is 14.3 Å². The molecule has 0 radical (unpaired) electrons. The van der Waals surface area contributed by atoms with Gasteiger partial charge in [0.2, 0.25) is 5.91 Å². The zero-order valence-corrected chi connectivity index (χ0v) is 10.1. The summed E-state index contributed by atoms with van der Waals surface area (Å²) in [4.78, 5) is 23.3. The number of amides is 1. The molecule has 0 aromatic carbocycles. The molecule has 1 aliphatic carbocycles. The number of hydrogen-bond donors (Lipinski definition) is 2. The van der Waals surface area contributed by atoms with Crippen LogP contribution in [0, 0.1) is 11.8 Å². The standard InChI is InChI=1S/C12H19NO4/c1-12(11(15)16,9-4-5-9)13-10(14)8-3-2-6-17-7-8/h8-9H,2-7H2,1H3,(H,13,14)(H,15,16). The fraction of sp³-hybridized carbons (Fsp3) is 0.833. The Balaban J connectivity index is 1.97. The number of nitrogens with one attached hydrogen (secondary N) is 1. The van der Waals surface area contributed by atoms with Gasteiger partial charge in [-0.25, -0.2) is 4.79 Å². The molecule has 2 unspecified atom stereocenters. The Hall–Kier alpha value is -1.10. The molecular weight excluding hydrogens is 222 g/mol. The zero-order valence-electron chi connectivity index (χ0n) is 10.1. The van der Waals surface area contributed by atoms with Gasteiger partial charge in [-0.15, -0.1) is 0 Å². The molecule has 1 heterocycles. The smallest absolute Gasteiger partial charge is 0.329 e. The highest BCUT2D eigenvalue weighted by molar-refractivity contribution is 5.88. The van der Waals surface area contributed by atoms with Gasteiger partial charge in [-0.05, 0) is 38.5 Å². The minimum atomic E-state index is -1.10. The molecule has 1 aliphatic heterocycles. The lowest BCUT2D eigenvalue weighted by Crippen LogP contribution is -2.56. The average Bonchev–Trinajstić information content (AvgIpc) is 3.13. The summed E-state index contributed by atoms with van der Waals surface area (Å²) < 4.78 is 5.25. The van der Waals surface area contributed by atoms with Crippen molar-refractivity contribution in [2.75, 3.05) is 13.2 Å². The third-order valence-corrected chi connectivity index (χ3v) is 3.75. The Labute approximate surface area is 101 Å². The van der Waals surface area contributed by atoms with Crippen molar-refractivity contribution in [1.29, 1.82) is 0 Å². The SMILES string of the molecule is CC(NC(=O)C1CCCOC1)(C(=O)O)C1CC1.